The molecule has 1 aromatic carbocycles. The fourth-order valence-electron chi connectivity index (χ4n) is 1.68. The summed E-state index contributed by atoms with van der Waals surface area (Å²) in [5.74, 6) is 0. The van der Waals surface area contributed by atoms with E-state index in [4.69, 9.17) is 11.6 Å². The summed E-state index contributed by atoms with van der Waals surface area (Å²) in [6, 6.07) is 8.52. The van der Waals surface area contributed by atoms with E-state index < -0.39 is 9.84 Å². The number of benzene rings is 1. The van der Waals surface area contributed by atoms with Crippen LogP contribution in [0.5, 0.6) is 0 Å². The van der Waals surface area contributed by atoms with Gasteiger partial charge in [-0.25, -0.2) is 8.42 Å². The first kappa shape index (κ1) is 13.1. The number of halogens is 1. The molecule has 0 unspecified atom stereocenters. The van der Waals surface area contributed by atoms with Gasteiger partial charge in [0.05, 0.1) is 9.92 Å². The lowest BCUT2D eigenvalue weighted by Gasteiger charge is -2.06. The van der Waals surface area contributed by atoms with Crippen molar-refractivity contribution < 1.29 is 8.42 Å². The molecule has 1 heterocycles. The zero-order valence-electron chi connectivity index (χ0n) is 10.0. The molecule has 0 saturated carbocycles. The summed E-state index contributed by atoms with van der Waals surface area (Å²) >= 11 is 5.91. The van der Waals surface area contributed by atoms with Crippen LogP contribution in [0, 0.1) is 6.92 Å². The Bertz CT molecular complexity index is 679. The molecule has 0 fully saturated rings. The molecule has 0 aliphatic heterocycles. The molecular weight excluding hydrogens is 270 g/mol. The summed E-state index contributed by atoms with van der Waals surface area (Å²) in [7, 11) is -3.16. The van der Waals surface area contributed by atoms with Gasteiger partial charge in [-0.3, -0.25) is 4.98 Å². The van der Waals surface area contributed by atoms with Crippen molar-refractivity contribution in [1.29, 1.82) is 0 Å². The Kier molecular flexibility index (Phi) is 3.41. The molecule has 3 nitrogen and oxygen atoms in total. The lowest BCUT2D eigenvalue weighted by Crippen LogP contribution is -1.96. The standard InChI is InChI=1S/C13H12ClNO2S/c1-9-13(7-11(14)8-15-9)10-3-5-12(6-4-10)18(2,16)17/h3-8H,1-2H3. The Labute approximate surface area is 111 Å². The molecule has 0 radical (unpaired) electrons. The van der Waals surface area contributed by atoms with Gasteiger partial charge in [0.1, 0.15) is 0 Å². The molecule has 0 atom stereocenters. The van der Waals surface area contributed by atoms with Crippen molar-refractivity contribution in [2.75, 3.05) is 6.26 Å². The highest BCUT2D eigenvalue weighted by Gasteiger charge is 2.08. The monoisotopic (exact) mass is 281 g/mol. The summed E-state index contributed by atoms with van der Waals surface area (Å²) in [6.07, 6.45) is 2.78. The maximum Gasteiger partial charge on any atom is 0.175 e. The van der Waals surface area contributed by atoms with Crippen molar-refractivity contribution >= 4 is 21.4 Å². The molecule has 0 aliphatic rings. The minimum Gasteiger partial charge on any atom is -0.259 e. The third-order valence-electron chi connectivity index (χ3n) is 2.65. The average molecular weight is 282 g/mol. The molecule has 1 aromatic heterocycles. The van der Waals surface area contributed by atoms with Crippen LogP contribution in [0.1, 0.15) is 5.69 Å². The Morgan fingerprint density at radius 3 is 2.33 bits per heavy atom. The van der Waals surface area contributed by atoms with Crippen molar-refractivity contribution in [3.05, 3.63) is 47.2 Å². The van der Waals surface area contributed by atoms with Gasteiger partial charge in [0.15, 0.2) is 9.84 Å². The van der Waals surface area contributed by atoms with E-state index in [1.807, 2.05) is 13.0 Å². The number of aromatic nitrogens is 1. The summed E-state index contributed by atoms with van der Waals surface area (Å²) in [5, 5.41) is 0.558. The molecule has 0 bridgehead atoms. The number of sulfone groups is 1. The largest absolute Gasteiger partial charge is 0.259 e. The maximum atomic E-state index is 11.4. The number of hydrogen-bond acceptors (Lipinski definition) is 3. The molecular formula is C13H12ClNO2S. The van der Waals surface area contributed by atoms with E-state index in [1.165, 1.54) is 6.26 Å². The number of hydrogen-bond donors (Lipinski definition) is 0. The van der Waals surface area contributed by atoms with Gasteiger partial charge in [0.2, 0.25) is 0 Å². The molecule has 2 rings (SSSR count). The third-order valence-corrected chi connectivity index (χ3v) is 3.98. The van der Waals surface area contributed by atoms with Gasteiger partial charge in [0.25, 0.3) is 0 Å². The van der Waals surface area contributed by atoms with Crippen molar-refractivity contribution in [2.45, 2.75) is 11.8 Å². The minimum absolute atomic E-state index is 0.305. The van der Waals surface area contributed by atoms with Crippen LogP contribution in [0.3, 0.4) is 0 Å². The predicted octanol–water partition coefficient (Wildman–Crippen LogP) is 3.11. The van der Waals surface area contributed by atoms with Crippen LogP contribution in [-0.4, -0.2) is 19.7 Å². The van der Waals surface area contributed by atoms with E-state index in [2.05, 4.69) is 4.98 Å². The van der Waals surface area contributed by atoms with E-state index >= 15 is 0 Å². The number of aryl methyl sites for hydroxylation is 1. The molecule has 5 heteroatoms. The van der Waals surface area contributed by atoms with Crippen LogP contribution in [0.4, 0.5) is 0 Å². The molecule has 94 valence electrons. The molecule has 0 aliphatic carbocycles. The van der Waals surface area contributed by atoms with Crippen LogP contribution in [0.15, 0.2) is 41.4 Å². The number of nitrogens with zero attached hydrogens (tertiary/aromatic N) is 1. The van der Waals surface area contributed by atoms with Crippen LogP contribution >= 0.6 is 11.6 Å². The van der Waals surface area contributed by atoms with Crippen molar-refractivity contribution in [3.8, 4) is 11.1 Å². The summed E-state index contributed by atoms with van der Waals surface area (Å²) in [6.45, 7) is 1.89. The molecule has 2 aromatic rings. The normalized spacial score (nSPS) is 11.5. The third kappa shape index (κ3) is 2.71. The van der Waals surface area contributed by atoms with Crippen molar-refractivity contribution in [1.82, 2.24) is 4.98 Å². The second-order valence-electron chi connectivity index (χ2n) is 4.08. The molecule has 18 heavy (non-hydrogen) atoms. The van der Waals surface area contributed by atoms with E-state index in [0.29, 0.717) is 9.92 Å². The first-order valence-electron chi connectivity index (χ1n) is 5.30. The molecule has 0 N–H and O–H groups in total. The lowest BCUT2D eigenvalue weighted by molar-refractivity contribution is 0.602. The molecule has 0 spiro atoms. The Morgan fingerprint density at radius 1 is 1.17 bits per heavy atom. The van der Waals surface area contributed by atoms with Gasteiger partial charge in [-0.15, -0.1) is 0 Å². The van der Waals surface area contributed by atoms with Gasteiger partial charge >= 0.3 is 0 Å². The highest BCUT2D eigenvalue weighted by molar-refractivity contribution is 7.90. The van der Waals surface area contributed by atoms with Crippen LogP contribution in [0.25, 0.3) is 11.1 Å². The minimum atomic E-state index is -3.16. The fraction of sp³-hybridized carbons (Fsp3) is 0.154. The van der Waals surface area contributed by atoms with E-state index in [0.717, 1.165) is 16.8 Å². The Hall–Kier alpha value is -1.39. The number of rotatable bonds is 2. The van der Waals surface area contributed by atoms with E-state index in [-0.39, 0.29) is 0 Å². The zero-order valence-corrected chi connectivity index (χ0v) is 11.6. The smallest absolute Gasteiger partial charge is 0.175 e. The summed E-state index contributed by atoms with van der Waals surface area (Å²) in [5.41, 5.74) is 2.66. The van der Waals surface area contributed by atoms with Crippen LogP contribution in [-0.2, 0) is 9.84 Å². The molecule has 0 saturated heterocycles. The Morgan fingerprint density at radius 2 is 1.78 bits per heavy atom. The van der Waals surface area contributed by atoms with Crippen LogP contribution < -0.4 is 0 Å². The summed E-state index contributed by atoms with van der Waals surface area (Å²) in [4.78, 5) is 4.48. The first-order chi connectivity index (χ1) is 8.38. The first-order valence-corrected chi connectivity index (χ1v) is 7.57. The van der Waals surface area contributed by atoms with E-state index in [1.54, 1.807) is 30.5 Å². The fourth-order valence-corrected chi connectivity index (χ4v) is 2.47. The highest BCUT2D eigenvalue weighted by atomic mass is 35.5. The molecule has 0 amide bonds. The van der Waals surface area contributed by atoms with Gasteiger partial charge in [-0.2, -0.15) is 0 Å². The second-order valence-corrected chi connectivity index (χ2v) is 6.54. The van der Waals surface area contributed by atoms with Crippen LogP contribution in [0.2, 0.25) is 5.02 Å². The predicted molar refractivity (Wildman–Crippen MR) is 72.5 cm³/mol. The highest BCUT2D eigenvalue weighted by Crippen LogP contribution is 2.25. The van der Waals surface area contributed by atoms with Gasteiger partial charge in [-0.1, -0.05) is 23.7 Å². The zero-order chi connectivity index (χ0) is 13.3. The maximum absolute atomic E-state index is 11.4. The second kappa shape index (κ2) is 4.71. The Balaban J connectivity index is 2.50. The number of pyridine rings is 1. The van der Waals surface area contributed by atoms with Gasteiger partial charge in [-0.05, 0) is 30.7 Å². The lowest BCUT2D eigenvalue weighted by atomic mass is 10.1. The topological polar surface area (TPSA) is 47.0 Å². The van der Waals surface area contributed by atoms with Crippen molar-refractivity contribution in [2.24, 2.45) is 0 Å². The van der Waals surface area contributed by atoms with E-state index in [9.17, 15) is 8.42 Å². The van der Waals surface area contributed by atoms with Crippen molar-refractivity contribution in [3.63, 3.8) is 0 Å². The SMILES string of the molecule is Cc1ncc(Cl)cc1-c1ccc(S(C)(=O)=O)cc1. The van der Waals surface area contributed by atoms with Gasteiger partial charge in [0, 0.05) is 23.7 Å². The van der Waals surface area contributed by atoms with Gasteiger partial charge < -0.3 is 0 Å². The average Bonchev–Trinajstić information content (AvgIpc) is 2.31. The summed E-state index contributed by atoms with van der Waals surface area (Å²) < 4.78 is 22.7. The quantitative estimate of drug-likeness (QED) is 0.850.